The van der Waals surface area contributed by atoms with Crippen LogP contribution in [0.2, 0.25) is 0 Å². The van der Waals surface area contributed by atoms with Crippen molar-refractivity contribution in [1.29, 1.82) is 0 Å². The molecule has 56 valence electrons. The Morgan fingerprint density at radius 1 is 1.30 bits per heavy atom. The molecular weight excluding hydrogens is 148 g/mol. The van der Waals surface area contributed by atoms with Crippen LogP contribution in [0.4, 0.5) is 0 Å². The Hall–Kier alpha value is -0.700. The number of ether oxygens (including phenoxy) is 2. The Kier molecular flexibility index (Phi) is 2.17. The predicted octanol–water partition coefficient (Wildman–Crippen LogP) is 2.07. The molecule has 0 N–H and O–H groups in total. The van der Waals surface area contributed by atoms with Crippen LogP contribution in [-0.2, 0) is 0 Å². The first-order valence-corrected chi connectivity index (χ1v) is 3.78. The van der Waals surface area contributed by atoms with Gasteiger partial charge >= 0.3 is 0 Å². The van der Waals surface area contributed by atoms with Crippen LogP contribution < -0.4 is 9.47 Å². The molecule has 10 heavy (non-hydrogen) atoms. The van der Waals surface area contributed by atoms with Gasteiger partial charge in [0.1, 0.15) is 0 Å². The SMILES string of the molecule is COc1cc(C)c(OC)s1. The molecule has 0 saturated heterocycles. The van der Waals surface area contributed by atoms with Crippen molar-refractivity contribution in [2.45, 2.75) is 6.92 Å². The lowest BCUT2D eigenvalue weighted by molar-refractivity contribution is 0.423. The van der Waals surface area contributed by atoms with Crippen LogP contribution in [0.5, 0.6) is 10.1 Å². The van der Waals surface area contributed by atoms with E-state index in [2.05, 4.69) is 0 Å². The standard InChI is InChI=1S/C7H10O2S/c1-5-4-6(8-2)10-7(5)9-3/h4H,1-3H3. The Morgan fingerprint density at radius 2 is 2.00 bits per heavy atom. The van der Waals surface area contributed by atoms with Crippen molar-refractivity contribution in [2.75, 3.05) is 14.2 Å². The summed E-state index contributed by atoms with van der Waals surface area (Å²) in [5, 5.41) is 1.83. The van der Waals surface area contributed by atoms with Gasteiger partial charge in [-0.25, -0.2) is 0 Å². The van der Waals surface area contributed by atoms with Gasteiger partial charge in [0.15, 0.2) is 10.1 Å². The highest BCUT2D eigenvalue weighted by atomic mass is 32.1. The second kappa shape index (κ2) is 2.92. The van der Waals surface area contributed by atoms with E-state index < -0.39 is 0 Å². The number of hydrogen-bond acceptors (Lipinski definition) is 3. The lowest BCUT2D eigenvalue weighted by Crippen LogP contribution is -1.77. The minimum Gasteiger partial charge on any atom is -0.487 e. The summed E-state index contributed by atoms with van der Waals surface area (Å²) in [6.07, 6.45) is 0. The minimum absolute atomic E-state index is 0.898. The van der Waals surface area contributed by atoms with Gasteiger partial charge in [0.2, 0.25) is 0 Å². The molecule has 0 aliphatic carbocycles. The average molecular weight is 158 g/mol. The van der Waals surface area contributed by atoms with Crippen LogP contribution in [0.3, 0.4) is 0 Å². The van der Waals surface area contributed by atoms with Gasteiger partial charge in [-0.2, -0.15) is 0 Å². The van der Waals surface area contributed by atoms with Crippen LogP contribution in [-0.4, -0.2) is 14.2 Å². The van der Waals surface area contributed by atoms with E-state index in [1.54, 1.807) is 14.2 Å². The smallest absolute Gasteiger partial charge is 0.179 e. The van der Waals surface area contributed by atoms with Gasteiger partial charge in [-0.15, -0.1) is 0 Å². The van der Waals surface area contributed by atoms with E-state index >= 15 is 0 Å². The molecule has 1 heterocycles. The molecule has 0 aliphatic rings. The minimum atomic E-state index is 0.898. The third-order valence-electron chi connectivity index (χ3n) is 1.24. The topological polar surface area (TPSA) is 18.5 Å². The molecule has 0 aromatic carbocycles. The van der Waals surface area contributed by atoms with Crippen molar-refractivity contribution in [3.8, 4) is 10.1 Å². The third kappa shape index (κ3) is 1.24. The molecule has 0 radical (unpaired) electrons. The molecule has 1 aromatic heterocycles. The first-order chi connectivity index (χ1) is 4.77. The fourth-order valence-corrected chi connectivity index (χ4v) is 1.55. The Morgan fingerprint density at radius 3 is 2.30 bits per heavy atom. The predicted molar refractivity (Wildman–Crippen MR) is 42.2 cm³/mol. The molecule has 0 saturated carbocycles. The number of aryl methyl sites for hydroxylation is 1. The second-order valence-corrected chi connectivity index (χ2v) is 2.92. The van der Waals surface area contributed by atoms with Gasteiger partial charge in [-0.1, -0.05) is 11.3 Å². The van der Waals surface area contributed by atoms with Crippen LogP contribution in [0.25, 0.3) is 0 Å². The van der Waals surface area contributed by atoms with E-state index in [-0.39, 0.29) is 0 Å². The van der Waals surface area contributed by atoms with E-state index in [1.165, 1.54) is 11.3 Å². The maximum absolute atomic E-state index is 5.07. The molecule has 0 fully saturated rings. The summed E-state index contributed by atoms with van der Waals surface area (Å²) in [6, 6.07) is 1.96. The summed E-state index contributed by atoms with van der Waals surface area (Å²) in [6.45, 7) is 2.00. The fraction of sp³-hybridized carbons (Fsp3) is 0.429. The molecule has 1 rings (SSSR count). The number of hydrogen-bond donors (Lipinski definition) is 0. The van der Waals surface area contributed by atoms with Crippen LogP contribution >= 0.6 is 11.3 Å². The van der Waals surface area contributed by atoms with Gasteiger partial charge in [-0.3, -0.25) is 0 Å². The van der Waals surface area contributed by atoms with Crippen LogP contribution in [0.1, 0.15) is 5.56 Å². The Bertz CT molecular complexity index is 217. The van der Waals surface area contributed by atoms with Gasteiger partial charge in [-0.05, 0) is 13.0 Å². The highest BCUT2D eigenvalue weighted by Crippen LogP contribution is 2.34. The van der Waals surface area contributed by atoms with Crippen LogP contribution in [0, 0.1) is 6.92 Å². The Labute approximate surface area is 64.4 Å². The van der Waals surface area contributed by atoms with E-state index in [9.17, 15) is 0 Å². The zero-order chi connectivity index (χ0) is 7.56. The Balaban J connectivity index is 2.92. The van der Waals surface area contributed by atoms with Gasteiger partial charge in [0.25, 0.3) is 0 Å². The molecule has 3 heteroatoms. The van der Waals surface area contributed by atoms with Crippen molar-refractivity contribution >= 4 is 11.3 Å². The molecule has 1 aromatic rings. The maximum atomic E-state index is 5.07. The number of methoxy groups -OCH3 is 2. The fourth-order valence-electron chi connectivity index (χ4n) is 0.740. The number of thiophene rings is 1. The molecule has 0 amide bonds. The van der Waals surface area contributed by atoms with E-state index in [4.69, 9.17) is 9.47 Å². The molecule has 0 atom stereocenters. The highest BCUT2D eigenvalue weighted by Gasteiger charge is 2.03. The summed E-state index contributed by atoms with van der Waals surface area (Å²) in [4.78, 5) is 0. The van der Waals surface area contributed by atoms with Crippen molar-refractivity contribution in [3.05, 3.63) is 11.6 Å². The molecule has 0 aliphatic heterocycles. The second-order valence-electron chi connectivity index (χ2n) is 1.94. The molecular formula is C7H10O2S. The summed E-state index contributed by atoms with van der Waals surface area (Å²) in [5.74, 6) is 0. The average Bonchev–Trinajstić information content (AvgIpc) is 2.30. The maximum Gasteiger partial charge on any atom is 0.179 e. The van der Waals surface area contributed by atoms with E-state index in [0.717, 1.165) is 15.7 Å². The zero-order valence-corrected chi connectivity index (χ0v) is 7.12. The quantitative estimate of drug-likeness (QED) is 0.656. The van der Waals surface area contributed by atoms with Crippen molar-refractivity contribution in [2.24, 2.45) is 0 Å². The van der Waals surface area contributed by atoms with Crippen LogP contribution in [0.15, 0.2) is 6.07 Å². The lowest BCUT2D eigenvalue weighted by atomic mass is 10.4. The third-order valence-corrected chi connectivity index (χ3v) is 2.40. The molecule has 2 nitrogen and oxygen atoms in total. The van der Waals surface area contributed by atoms with Crippen molar-refractivity contribution in [1.82, 2.24) is 0 Å². The lowest BCUT2D eigenvalue weighted by Gasteiger charge is -1.92. The molecule has 0 spiro atoms. The number of rotatable bonds is 2. The largest absolute Gasteiger partial charge is 0.487 e. The highest BCUT2D eigenvalue weighted by molar-refractivity contribution is 7.15. The monoisotopic (exact) mass is 158 g/mol. The summed E-state index contributed by atoms with van der Waals surface area (Å²) in [7, 11) is 3.32. The molecule has 0 unspecified atom stereocenters. The summed E-state index contributed by atoms with van der Waals surface area (Å²) in [5.41, 5.74) is 1.13. The van der Waals surface area contributed by atoms with Gasteiger partial charge in [0, 0.05) is 5.56 Å². The first kappa shape index (κ1) is 7.41. The van der Waals surface area contributed by atoms with E-state index in [1.807, 2.05) is 13.0 Å². The first-order valence-electron chi connectivity index (χ1n) is 2.96. The zero-order valence-electron chi connectivity index (χ0n) is 6.30. The van der Waals surface area contributed by atoms with E-state index in [0.29, 0.717) is 0 Å². The van der Waals surface area contributed by atoms with Crippen molar-refractivity contribution < 1.29 is 9.47 Å². The van der Waals surface area contributed by atoms with Gasteiger partial charge < -0.3 is 9.47 Å². The molecule has 0 bridgehead atoms. The van der Waals surface area contributed by atoms with Gasteiger partial charge in [0.05, 0.1) is 14.2 Å². The van der Waals surface area contributed by atoms with Crippen molar-refractivity contribution in [3.63, 3.8) is 0 Å². The summed E-state index contributed by atoms with van der Waals surface area (Å²) < 4.78 is 10.1. The normalized spacial score (nSPS) is 9.50. The summed E-state index contributed by atoms with van der Waals surface area (Å²) >= 11 is 1.52.